The molecule has 33 heavy (non-hydrogen) atoms. The van der Waals surface area contributed by atoms with Gasteiger partial charge in [0.2, 0.25) is 0 Å². The van der Waals surface area contributed by atoms with Crippen molar-refractivity contribution >= 4 is 56.5 Å². The summed E-state index contributed by atoms with van der Waals surface area (Å²) in [5.74, 6) is 0. The van der Waals surface area contributed by atoms with Gasteiger partial charge in [0.15, 0.2) is 0 Å². The molecule has 0 saturated carbocycles. The predicted molar refractivity (Wildman–Crippen MR) is 146 cm³/mol. The van der Waals surface area contributed by atoms with Gasteiger partial charge in [-0.25, -0.2) is 0 Å². The van der Waals surface area contributed by atoms with Gasteiger partial charge in [0.05, 0.1) is 0 Å². The zero-order valence-corrected chi connectivity index (χ0v) is 23.2. The predicted octanol–water partition coefficient (Wildman–Crippen LogP) is 8.10. The second-order valence-corrected chi connectivity index (χ2v) is 27.8. The van der Waals surface area contributed by atoms with Gasteiger partial charge in [-0.05, 0) is 32.7 Å². The third kappa shape index (κ3) is 5.51. The molecule has 0 radical (unpaired) electrons. The normalized spacial score (nSPS) is 13.8. The Morgan fingerprint density at radius 1 is 0.606 bits per heavy atom. The van der Waals surface area contributed by atoms with Crippen LogP contribution in [0.1, 0.15) is 25.0 Å². The number of nitrogens with zero attached hydrogens (tertiary/aromatic N) is 2. The SMILES string of the molecule is C1=CC(c2ccccc2)=c2ccc3c(c2[N-]1)[N-]C=CC=3c1ccccc1.C[CH2][Sn]([Cl])([Cl])[CH2]C. The molecule has 2 aliphatic rings. The topological polar surface area (TPSA) is 28.2 Å². The average Bonchev–Trinajstić information content (AvgIpc) is 2.89. The standard InChI is InChI=1S/C24H16N2.2C2H5.2ClH.Sn/c1-3-7-17(8-4-1)19-13-15-25-23-21(19)11-12-22-20(14-16-26-24(22)23)18-9-5-2-6-10-18;2*1-2;;;/h1-16H;2*1H2,2H3;2*1H;/q-2;;;;;+2/p-2. The van der Waals surface area contributed by atoms with Crippen molar-refractivity contribution in [2.45, 2.75) is 22.7 Å². The number of fused-ring (bicyclic) bond motifs is 3. The van der Waals surface area contributed by atoms with Crippen molar-refractivity contribution in [3.63, 3.8) is 0 Å². The van der Waals surface area contributed by atoms with Crippen molar-refractivity contribution in [3.05, 3.63) is 130 Å². The molecule has 0 aliphatic carbocycles. The van der Waals surface area contributed by atoms with Crippen molar-refractivity contribution in [1.82, 2.24) is 0 Å². The first-order chi connectivity index (χ1) is 16.0. The summed E-state index contributed by atoms with van der Waals surface area (Å²) in [5, 5.41) is 11.6. The monoisotopic (exact) mass is 580 g/mol. The first-order valence-electron chi connectivity index (χ1n) is 11.2. The Morgan fingerprint density at radius 3 is 1.33 bits per heavy atom. The van der Waals surface area contributed by atoms with Crippen LogP contribution in [0.5, 0.6) is 0 Å². The quantitative estimate of drug-likeness (QED) is 0.279. The van der Waals surface area contributed by atoms with Crippen LogP contribution in [0.25, 0.3) is 21.8 Å². The van der Waals surface area contributed by atoms with Crippen LogP contribution < -0.4 is 10.4 Å². The Morgan fingerprint density at radius 2 is 1.00 bits per heavy atom. The van der Waals surface area contributed by atoms with Gasteiger partial charge in [0.25, 0.3) is 0 Å². The number of allylic oxidation sites excluding steroid dienone is 2. The summed E-state index contributed by atoms with van der Waals surface area (Å²) in [4.78, 5) is 0. The van der Waals surface area contributed by atoms with E-state index < -0.39 is 16.1 Å². The first kappa shape index (κ1) is 24.0. The molecule has 0 N–H and O–H groups in total. The van der Waals surface area contributed by atoms with Gasteiger partial charge in [0.1, 0.15) is 0 Å². The molecule has 0 saturated heterocycles. The Kier molecular flexibility index (Phi) is 7.90. The van der Waals surface area contributed by atoms with Crippen molar-refractivity contribution in [2.75, 3.05) is 0 Å². The molecule has 3 aromatic carbocycles. The van der Waals surface area contributed by atoms with Gasteiger partial charge in [-0.1, -0.05) is 84.9 Å². The maximum atomic E-state index is 5.88. The van der Waals surface area contributed by atoms with Gasteiger partial charge < -0.3 is 10.6 Å². The number of hydrogen-bond donors (Lipinski definition) is 0. The summed E-state index contributed by atoms with van der Waals surface area (Å²) in [6.45, 7) is 4.14. The maximum absolute atomic E-state index is 5.88. The minimum atomic E-state index is -2.34. The molecular weight excluding hydrogens is 554 g/mol. The van der Waals surface area contributed by atoms with E-state index in [0.717, 1.165) is 30.7 Å². The molecule has 2 aliphatic heterocycles. The van der Waals surface area contributed by atoms with Crippen LogP contribution in [0, 0.1) is 0 Å². The van der Waals surface area contributed by atoms with Gasteiger partial charge in [-0.15, -0.1) is 11.4 Å². The fourth-order valence-corrected chi connectivity index (χ4v) is 5.24. The summed E-state index contributed by atoms with van der Waals surface area (Å²) in [7, 11) is 11.8. The molecule has 168 valence electrons. The fraction of sp³-hybridized carbons (Fsp3) is 0.143. The van der Waals surface area contributed by atoms with Crippen LogP contribution in [0.3, 0.4) is 0 Å². The third-order valence-electron chi connectivity index (χ3n) is 5.83. The van der Waals surface area contributed by atoms with Crippen LogP contribution >= 0.6 is 17.8 Å². The zero-order chi connectivity index (χ0) is 23.3. The first-order valence-corrected chi connectivity index (χ1v) is 22.5. The Bertz CT molecular complexity index is 1200. The van der Waals surface area contributed by atoms with Gasteiger partial charge in [-0.3, -0.25) is 0 Å². The summed E-state index contributed by atoms with van der Waals surface area (Å²) >= 11 is -2.34. The Hall–Kier alpha value is -2.14. The van der Waals surface area contributed by atoms with E-state index in [2.05, 4.69) is 97.3 Å². The second-order valence-electron chi connectivity index (χ2n) is 7.87. The van der Waals surface area contributed by atoms with Gasteiger partial charge >= 0.3 is 56.7 Å². The van der Waals surface area contributed by atoms with E-state index in [4.69, 9.17) is 17.8 Å². The van der Waals surface area contributed by atoms with E-state index in [1.54, 1.807) is 0 Å². The molecular formula is C28H26Cl2N2Sn-2. The molecule has 5 heteroatoms. The molecule has 0 aromatic heterocycles. The fourth-order valence-electron chi connectivity index (χ4n) is 3.82. The zero-order valence-electron chi connectivity index (χ0n) is 18.8. The molecule has 3 aromatic rings. The van der Waals surface area contributed by atoms with Crippen LogP contribution in [0.15, 0.2) is 97.3 Å². The average molecular weight is 580 g/mol. The molecule has 2 heterocycles. The van der Waals surface area contributed by atoms with Crippen molar-refractivity contribution < 1.29 is 0 Å². The van der Waals surface area contributed by atoms with Crippen LogP contribution in [-0.4, -0.2) is 16.1 Å². The van der Waals surface area contributed by atoms with Crippen molar-refractivity contribution in [1.29, 1.82) is 0 Å². The van der Waals surface area contributed by atoms with Gasteiger partial charge in [0, 0.05) is 0 Å². The van der Waals surface area contributed by atoms with Crippen molar-refractivity contribution in [3.8, 4) is 0 Å². The van der Waals surface area contributed by atoms with Crippen LogP contribution in [0.2, 0.25) is 8.87 Å². The molecule has 0 fully saturated rings. The number of halogens is 2. The van der Waals surface area contributed by atoms with Crippen LogP contribution in [0.4, 0.5) is 11.4 Å². The Balaban J connectivity index is 0.000000325. The van der Waals surface area contributed by atoms with E-state index in [0.29, 0.717) is 0 Å². The molecule has 0 unspecified atom stereocenters. The van der Waals surface area contributed by atoms with E-state index >= 15 is 0 Å². The van der Waals surface area contributed by atoms with E-state index in [9.17, 15) is 0 Å². The molecule has 0 amide bonds. The summed E-state index contributed by atoms with van der Waals surface area (Å²) in [6, 6.07) is 25.2. The van der Waals surface area contributed by atoms with Crippen molar-refractivity contribution in [2.24, 2.45) is 0 Å². The van der Waals surface area contributed by atoms with Crippen LogP contribution in [-0.2, 0) is 0 Å². The van der Waals surface area contributed by atoms with E-state index in [1.807, 2.05) is 24.5 Å². The molecule has 0 bridgehead atoms. The summed E-state index contributed by atoms with van der Waals surface area (Å²) in [6.07, 6.45) is 7.90. The number of benzene rings is 3. The molecule has 5 rings (SSSR count). The molecule has 0 spiro atoms. The molecule has 2 nitrogen and oxygen atoms in total. The summed E-state index contributed by atoms with van der Waals surface area (Å²) in [5.41, 5.74) is 6.65. The molecule has 0 atom stereocenters. The minimum absolute atomic E-state index is 0.946. The van der Waals surface area contributed by atoms with E-state index in [1.165, 1.54) is 22.3 Å². The second kappa shape index (κ2) is 10.9. The summed E-state index contributed by atoms with van der Waals surface area (Å²) < 4.78 is 2.07. The third-order valence-corrected chi connectivity index (χ3v) is 18.9. The number of hydrogen-bond acceptors (Lipinski definition) is 0. The van der Waals surface area contributed by atoms with Gasteiger partial charge in [-0.2, -0.15) is 12.4 Å². The number of rotatable bonds is 4. The Labute approximate surface area is 207 Å². The van der Waals surface area contributed by atoms with E-state index in [-0.39, 0.29) is 0 Å².